The van der Waals surface area contributed by atoms with Gasteiger partial charge in [0.15, 0.2) is 0 Å². The van der Waals surface area contributed by atoms with Gasteiger partial charge >= 0.3 is 0 Å². The van der Waals surface area contributed by atoms with Crippen LogP contribution in [0.3, 0.4) is 0 Å². The van der Waals surface area contributed by atoms with Crippen molar-refractivity contribution in [1.29, 1.82) is 0 Å². The number of hydrogen-bond acceptors (Lipinski definition) is 2. The molecule has 3 aliphatic rings. The lowest BCUT2D eigenvalue weighted by Crippen LogP contribution is -2.37. The van der Waals surface area contributed by atoms with Crippen molar-refractivity contribution in [2.75, 3.05) is 4.90 Å². The van der Waals surface area contributed by atoms with Crippen molar-refractivity contribution in [3.05, 3.63) is 42.0 Å². The second-order valence-corrected chi connectivity index (χ2v) is 6.47. The van der Waals surface area contributed by atoms with Gasteiger partial charge in [-0.3, -0.25) is 9.59 Å². The third kappa shape index (κ3) is 1.21. The number of rotatable bonds is 1. The summed E-state index contributed by atoms with van der Waals surface area (Å²) in [4.78, 5) is 27.0. The second kappa shape index (κ2) is 3.60. The number of carbonyl (C=O) groups is 2. The molecule has 102 valence electrons. The molecule has 1 aromatic carbocycles. The van der Waals surface area contributed by atoms with E-state index in [9.17, 15) is 9.59 Å². The monoisotopic (exact) mass is 267 g/mol. The minimum Gasteiger partial charge on any atom is -0.274 e. The summed E-state index contributed by atoms with van der Waals surface area (Å²) in [6.45, 7) is 3.97. The number of allylic oxidation sites excluding steroid dienone is 2. The molecule has 0 spiro atoms. The average Bonchev–Trinajstić information content (AvgIpc) is 3.05. The van der Waals surface area contributed by atoms with Gasteiger partial charge in [0.1, 0.15) is 0 Å². The van der Waals surface area contributed by atoms with E-state index in [2.05, 4.69) is 12.2 Å². The van der Waals surface area contributed by atoms with Crippen LogP contribution in [0, 0.1) is 30.1 Å². The Morgan fingerprint density at radius 1 is 1.15 bits per heavy atom. The highest BCUT2D eigenvalue weighted by Gasteiger charge is 2.67. The maximum Gasteiger partial charge on any atom is 0.241 e. The van der Waals surface area contributed by atoms with Crippen LogP contribution < -0.4 is 4.90 Å². The smallest absolute Gasteiger partial charge is 0.241 e. The van der Waals surface area contributed by atoms with E-state index in [0.717, 1.165) is 12.0 Å². The van der Waals surface area contributed by atoms with Crippen LogP contribution in [-0.2, 0) is 9.59 Å². The van der Waals surface area contributed by atoms with Gasteiger partial charge in [-0.25, -0.2) is 4.90 Å². The molecule has 2 aliphatic carbocycles. The van der Waals surface area contributed by atoms with E-state index in [-0.39, 0.29) is 29.6 Å². The van der Waals surface area contributed by atoms with Gasteiger partial charge in [-0.1, -0.05) is 29.8 Å². The predicted octanol–water partition coefficient (Wildman–Crippen LogP) is 2.70. The molecule has 2 fully saturated rings. The van der Waals surface area contributed by atoms with E-state index in [1.54, 1.807) is 0 Å². The number of hydrogen-bond donors (Lipinski definition) is 0. The predicted molar refractivity (Wildman–Crippen MR) is 76.0 cm³/mol. The molecule has 0 radical (unpaired) electrons. The van der Waals surface area contributed by atoms with Gasteiger partial charge in [0.25, 0.3) is 0 Å². The van der Waals surface area contributed by atoms with Crippen molar-refractivity contribution in [3.8, 4) is 0 Å². The molecule has 1 saturated heterocycles. The summed E-state index contributed by atoms with van der Waals surface area (Å²) in [5, 5.41) is 0. The molecule has 4 rings (SSSR count). The van der Waals surface area contributed by atoms with Crippen LogP contribution in [0.15, 0.2) is 36.4 Å². The fourth-order valence-corrected chi connectivity index (χ4v) is 4.24. The van der Waals surface area contributed by atoms with Crippen LogP contribution >= 0.6 is 0 Å². The number of imide groups is 1. The first kappa shape index (κ1) is 11.9. The number of benzene rings is 1. The maximum atomic E-state index is 12.9. The number of anilines is 1. The lowest BCUT2D eigenvalue weighted by Gasteiger charge is -2.28. The Morgan fingerprint density at radius 2 is 1.85 bits per heavy atom. The van der Waals surface area contributed by atoms with Gasteiger partial charge in [-0.05, 0) is 44.2 Å². The topological polar surface area (TPSA) is 37.4 Å². The van der Waals surface area contributed by atoms with Gasteiger partial charge in [0, 0.05) is 0 Å². The Balaban J connectivity index is 1.80. The Morgan fingerprint density at radius 3 is 2.50 bits per heavy atom. The Hall–Kier alpha value is -1.90. The van der Waals surface area contributed by atoms with Crippen LogP contribution in [0.5, 0.6) is 0 Å². The Labute approximate surface area is 118 Å². The Bertz CT molecular complexity index is 645. The number of aryl methyl sites for hydroxylation is 1. The van der Waals surface area contributed by atoms with E-state index in [4.69, 9.17) is 0 Å². The maximum absolute atomic E-state index is 12.9. The second-order valence-electron chi connectivity index (χ2n) is 6.47. The molecule has 0 N–H and O–H groups in total. The lowest BCUT2D eigenvalue weighted by molar-refractivity contribution is -0.127. The van der Waals surface area contributed by atoms with Crippen molar-refractivity contribution in [2.45, 2.75) is 20.3 Å². The summed E-state index contributed by atoms with van der Waals surface area (Å²) in [6.07, 6.45) is 5.21. The molecular weight excluding hydrogens is 250 g/mol. The fraction of sp³-hybridized carbons (Fsp3) is 0.412. The summed E-state index contributed by atoms with van der Waals surface area (Å²) in [7, 11) is 0. The first-order valence-corrected chi connectivity index (χ1v) is 7.17. The molecule has 0 unspecified atom stereocenters. The first-order valence-electron chi connectivity index (χ1n) is 7.17. The molecule has 1 saturated carbocycles. The first-order chi connectivity index (χ1) is 9.53. The molecule has 2 bridgehead atoms. The number of carbonyl (C=O) groups excluding carboxylic acids is 2. The number of amides is 2. The van der Waals surface area contributed by atoms with E-state index >= 15 is 0 Å². The zero-order valence-electron chi connectivity index (χ0n) is 11.7. The molecule has 3 heteroatoms. The van der Waals surface area contributed by atoms with E-state index < -0.39 is 5.41 Å². The highest BCUT2D eigenvalue weighted by atomic mass is 16.2. The molecule has 1 aromatic rings. The summed E-state index contributed by atoms with van der Waals surface area (Å²) in [6, 6.07) is 7.62. The van der Waals surface area contributed by atoms with Crippen molar-refractivity contribution in [3.63, 3.8) is 0 Å². The minimum absolute atomic E-state index is 0.0156. The molecule has 3 nitrogen and oxygen atoms in total. The molecule has 0 aromatic heterocycles. The van der Waals surface area contributed by atoms with Crippen LogP contribution in [-0.4, -0.2) is 11.8 Å². The van der Waals surface area contributed by atoms with Gasteiger partial charge in [0.2, 0.25) is 11.8 Å². The van der Waals surface area contributed by atoms with Crippen molar-refractivity contribution in [1.82, 2.24) is 0 Å². The van der Waals surface area contributed by atoms with Gasteiger partial charge in [-0.2, -0.15) is 0 Å². The van der Waals surface area contributed by atoms with E-state index in [1.807, 2.05) is 38.1 Å². The molecular formula is C17H17NO2. The third-order valence-electron chi connectivity index (χ3n) is 5.40. The zero-order chi connectivity index (χ0) is 14.1. The summed E-state index contributed by atoms with van der Waals surface area (Å²) < 4.78 is 0. The zero-order valence-corrected chi connectivity index (χ0v) is 11.7. The highest BCUT2D eigenvalue weighted by molar-refractivity contribution is 6.24. The molecule has 1 heterocycles. The van der Waals surface area contributed by atoms with Crippen LogP contribution in [0.25, 0.3) is 0 Å². The van der Waals surface area contributed by atoms with Gasteiger partial charge < -0.3 is 0 Å². The quantitative estimate of drug-likeness (QED) is 0.579. The SMILES string of the molecule is Cc1ccc(N2C(=O)[C@@H]3[C@H]4C=C[C@@H](C4)[C@@]3(C)C2=O)cc1. The molecule has 1 aliphatic heterocycles. The fourth-order valence-electron chi connectivity index (χ4n) is 4.24. The summed E-state index contributed by atoms with van der Waals surface area (Å²) >= 11 is 0. The largest absolute Gasteiger partial charge is 0.274 e. The van der Waals surface area contributed by atoms with Gasteiger partial charge in [0.05, 0.1) is 17.0 Å². The van der Waals surface area contributed by atoms with Crippen LogP contribution in [0.4, 0.5) is 5.69 Å². The summed E-state index contributed by atoms with van der Waals surface area (Å²) in [5.41, 5.74) is 1.31. The average molecular weight is 267 g/mol. The van der Waals surface area contributed by atoms with Gasteiger partial charge in [-0.15, -0.1) is 0 Å². The van der Waals surface area contributed by atoms with Crippen molar-refractivity contribution in [2.24, 2.45) is 23.2 Å². The molecule has 20 heavy (non-hydrogen) atoms. The highest BCUT2D eigenvalue weighted by Crippen LogP contribution is 2.60. The van der Waals surface area contributed by atoms with Crippen LogP contribution in [0.2, 0.25) is 0 Å². The number of fused-ring (bicyclic) bond motifs is 5. The lowest BCUT2D eigenvalue weighted by atomic mass is 9.71. The number of nitrogens with zero attached hydrogens (tertiary/aromatic N) is 1. The third-order valence-corrected chi connectivity index (χ3v) is 5.40. The van der Waals surface area contributed by atoms with Crippen LogP contribution in [0.1, 0.15) is 18.9 Å². The minimum atomic E-state index is -0.526. The molecule has 2 amide bonds. The molecule has 4 atom stereocenters. The van der Waals surface area contributed by atoms with E-state index in [1.165, 1.54) is 4.90 Å². The van der Waals surface area contributed by atoms with Crippen molar-refractivity contribution < 1.29 is 9.59 Å². The summed E-state index contributed by atoms with van der Waals surface area (Å²) in [5.74, 6) is 0.277. The van der Waals surface area contributed by atoms with E-state index in [0.29, 0.717) is 5.69 Å². The van der Waals surface area contributed by atoms with Crippen molar-refractivity contribution >= 4 is 17.5 Å². The normalized spacial score (nSPS) is 37.9. The Kier molecular flexibility index (Phi) is 2.14. The standard InChI is InChI=1S/C17H17NO2/c1-10-3-7-13(8-4-10)18-15(19)14-11-5-6-12(9-11)17(14,2)16(18)20/h3-8,11-12,14H,9H2,1-2H3/t11-,12-,14-,17+/m0/s1.